The lowest BCUT2D eigenvalue weighted by atomic mass is 10.0. The summed E-state index contributed by atoms with van der Waals surface area (Å²) >= 11 is 0. The van der Waals surface area contributed by atoms with Crippen molar-refractivity contribution in [3.05, 3.63) is 29.3 Å². The van der Waals surface area contributed by atoms with Crippen molar-refractivity contribution in [1.82, 2.24) is 5.32 Å². The highest BCUT2D eigenvalue weighted by atomic mass is 16.5. The van der Waals surface area contributed by atoms with Crippen molar-refractivity contribution < 1.29 is 4.74 Å². The molecular formula is C17H28N2O. The molecule has 20 heavy (non-hydrogen) atoms. The molecule has 0 aliphatic carbocycles. The van der Waals surface area contributed by atoms with E-state index in [0.29, 0.717) is 6.04 Å². The summed E-state index contributed by atoms with van der Waals surface area (Å²) < 4.78 is 5.47. The molecule has 1 aliphatic heterocycles. The molecule has 1 atom stereocenters. The molecule has 1 N–H and O–H groups in total. The van der Waals surface area contributed by atoms with Crippen LogP contribution in [0.3, 0.4) is 0 Å². The van der Waals surface area contributed by atoms with E-state index in [1.54, 1.807) is 0 Å². The first kappa shape index (κ1) is 15.3. The molecule has 3 heteroatoms. The summed E-state index contributed by atoms with van der Waals surface area (Å²) in [5.41, 5.74) is 4.30. The van der Waals surface area contributed by atoms with Crippen LogP contribution in [0.5, 0.6) is 0 Å². The minimum atomic E-state index is 0.442. The van der Waals surface area contributed by atoms with Gasteiger partial charge in [-0.3, -0.25) is 0 Å². The number of nitrogens with one attached hydrogen (secondary N) is 1. The minimum Gasteiger partial charge on any atom is -0.380 e. The number of rotatable bonds is 8. The van der Waals surface area contributed by atoms with E-state index in [1.807, 2.05) is 0 Å². The molecule has 0 saturated heterocycles. The second-order valence-electron chi connectivity index (χ2n) is 5.50. The molecule has 1 aromatic carbocycles. The number of nitrogens with zero attached hydrogens (tertiary/aromatic N) is 1. The maximum atomic E-state index is 5.47. The Morgan fingerprint density at radius 2 is 2.20 bits per heavy atom. The molecule has 0 spiro atoms. The number of anilines is 1. The van der Waals surface area contributed by atoms with Crippen molar-refractivity contribution in [3.63, 3.8) is 0 Å². The van der Waals surface area contributed by atoms with Gasteiger partial charge in [0.05, 0.1) is 6.61 Å². The molecule has 112 valence electrons. The number of benzene rings is 1. The van der Waals surface area contributed by atoms with Gasteiger partial charge in [0.25, 0.3) is 0 Å². The number of fused-ring (bicyclic) bond motifs is 1. The van der Waals surface area contributed by atoms with Crippen molar-refractivity contribution in [2.45, 2.75) is 39.7 Å². The fraction of sp³-hybridized carbons (Fsp3) is 0.647. The first-order valence-corrected chi connectivity index (χ1v) is 7.95. The summed E-state index contributed by atoms with van der Waals surface area (Å²) in [6, 6.07) is 7.38. The highest BCUT2D eigenvalue weighted by Gasteiger charge is 2.19. The van der Waals surface area contributed by atoms with Crippen molar-refractivity contribution in [3.8, 4) is 0 Å². The third-order valence-corrected chi connectivity index (χ3v) is 4.01. The Morgan fingerprint density at radius 3 is 2.95 bits per heavy atom. The number of hydrogen-bond donors (Lipinski definition) is 1. The molecule has 3 nitrogen and oxygen atoms in total. The van der Waals surface area contributed by atoms with Crippen LogP contribution in [0.4, 0.5) is 5.69 Å². The zero-order chi connectivity index (χ0) is 14.4. The van der Waals surface area contributed by atoms with Crippen molar-refractivity contribution in [2.24, 2.45) is 0 Å². The van der Waals surface area contributed by atoms with E-state index in [1.165, 1.54) is 23.2 Å². The number of ether oxygens (including phenoxy) is 1. The van der Waals surface area contributed by atoms with Gasteiger partial charge in [0, 0.05) is 31.4 Å². The molecule has 0 radical (unpaired) electrons. The van der Waals surface area contributed by atoms with Gasteiger partial charge in [-0.05, 0) is 50.4 Å². The fourth-order valence-corrected chi connectivity index (χ4v) is 2.79. The lowest BCUT2D eigenvalue weighted by Crippen LogP contribution is -2.25. The summed E-state index contributed by atoms with van der Waals surface area (Å²) in [6.45, 7) is 11.4. The molecule has 1 aliphatic rings. The quantitative estimate of drug-likeness (QED) is 0.738. The van der Waals surface area contributed by atoms with Crippen LogP contribution < -0.4 is 10.2 Å². The SMILES string of the molecule is CCCNC(C)c1ccc2c(c1)CCN2CCOCC. The average Bonchev–Trinajstić information content (AvgIpc) is 2.87. The minimum absolute atomic E-state index is 0.442. The van der Waals surface area contributed by atoms with Crippen LogP contribution in [0.25, 0.3) is 0 Å². The van der Waals surface area contributed by atoms with Crippen molar-refractivity contribution in [2.75, 3.05) is 37.7 Å². The van der Waals surface area contributed by atoms with E-state index in [0.717, 1.165) is 39.3 Å². The van der Waals surface area contributed by atoms with Gasteiger partial charge in [-0.15, -0.1) is 0 Å². The summed E-state index contributed by atoms with van der Waals surface area (Å²) in [7, 11) is 0. The van der Waals surface area contributed by atoms with Gasteiger partial charge < -0.3 is 15.0 Å². The largest absolute Gasteiger partial charge is 0.380 e. The van der Waals surface area contributed by atoms with Gasteiger partial charge in [0.1, 0.15) is 0 Å². The van der Waals surface area contributed by atoms with Crippen LogP contribution in [0.2, 0.25) is 0 Å². The second kappa shape index (κ2) is 7.65. The van der Waals surface area contributed by atoms with Crippen LogP contribution in [0.1, 0.15) is 44.4 Å². The Morgan fingerprint density at radius 1 is 1.35 bits per heavy atom. The summed E-state index contributed by atoms with van der Waals surface area (Å²) in [5, 5.41) is 3.56. The molecule has 0 saturated carbocycles. The van der Waals surface area contributed by atoms with E-state index in [9.17, 15) is 0 Å². The molecule has 1 unspecified atom stereocenters. The van der Waals surface area contributed by atoms with E-state index in [2.05, 4.69) is 49.2 Å². The maximum Gasteiger partial charge on any atom is 0.0641 e. The van der Waals surface area contributed by atoms with E-state index < -0.39 is 0 Å². The highest BCUT2D eigenvalue weighted by Crippen LogP contribution is 2.30. The Labute approximate surface area is 123 Å². The van der Waals surface area contributed by atoms with Crippen LogP contribution in [-0.2, 0) is 11.2 Å². The number of hydrogen-bond acceptors (Lipinski definition) is 3. The summed E-state index contributed by atoms with van der Waals surface area (Å²) in [6.07, 6.45) is 2.34. The van der Waals surface area contributed by atoms with Gasteiger partial charge in [-0.2, -0.15) is 0 Å². The lowest BCUT2D eigenvalue weighted by molar-refractivity contribution is 0.154. The second-order valence-corrected chi connectivity index (χ2v) is 5.50. The maximum absolute atomic E-state index is 5.47. The first-order chi connectivity index (χ1) is 9.76. The van der Waals surface area contributed by atoms with Crippen molar-refractivity contribution in [1.29, 1.82) is 0 Å². The topological polar surface area (TPSA) is 24.5 Å². The Balaban J connectivity index is 1.99. The van der Waals surface area contributed by atoms with Crippen LogP contribution in [0, 0.1) is 0 Å². The third-order valence-electron chi connectivity index (χ3n) is 4.01. The molecule has 1 heterocycles. The predicted octanol–water partition coefficient (Wildman–Crippen LogP) is 3.15. The Hall–Kier alpha value is -1.06. The van der Waals surface area contributed by atoms with E-state index in [-0.39, 0.29) is 0 Å². The molecule has 0 bridgehead atoms. The Kier molecular flexibility index (Phi) is 5.86. The zero-order valence-corrected chi connectivity index (χ0v) is 13.1. The molecule has 0 amide bonds. The summed E-state index contributed by atoms with van der Waals surface area (Å²) in [4.78, 5) is 2.44. The lowest BCUT2D eigenvalue weighted by Gasteiger charge is -2.20. The standard InChI is InChI=1S/C17H28N2O/c1-4-9-18-14(3)15-6-7-17-16(13-15)8-10-19(17)11-12-20-5-2/h6-7,13-14,18H,4-5,8-12H2,1-3H3. The molecular weight excluding hydrogens is 248 g/mol. The van der Waals surface area contributed by atoms with Crippen LogP contribution in [0.15, 0.2) is 18.2 Å². The molecule has 1 aromatic rings. The average molecular weight is 276 g/mol. The van der Waals surface area contributed by atoms with Gasteiger partial charge >= 0.3 is 0 Å². The molecule has 0 fully saturated rings. The Bertz CT molecular complexity index is 419. The van der Waals surface area contributed by atoms with E-state index in [4.69, 9.17) is 4.74 Å². The molecule has 2 rings (SSSR count). The van der Waals surface area contributed by atoms with Crippen molar-refractivity contribution >= 4 is 5.69 Å². The highest BCUT2D eigenvalue weighted by molar-refractivity contribution is 5.59. The zero-order valence-electron chi connectivity index (χ0n) is 13.1. The molecule has 0 aromatic heterocycles. The monoisotopic (exact) mass is 276 g/mol. The fourth-order valence-electron chi connectivity index (χ4n) is 2.79. The summed E-state index contributed by atoms with van der Waals surface area (Å²) in [5.74, 6) is 0. The third kappa shape index (κ3) is 3.74. The van der Waals surface area contributed by atoms with Gasteiger partial charge in [0.15, 0.2) is 0 Å². The van der Waals surface area contributed by atoms with E-state index >= 15 is 0 Å². The van der Waals surface area contributed by atoms with Gasteiger partial charge in [-0.25, -0.2) is 0 Å². The predicted molar refractivity (Wildman–Crippen MR) is 85.6 cm³/mol. The van der Waals surface area contributed by atoms with Crippen LogP contribution in [-0.4, -0.2) is 32.8 Å². The van der Waals surface area contributed by atoms with Gasteiger partial charge in [0.2, 0.25) is 0 Å². The smallest absolute Gasteiger partial charge is 0.0641 e. The van der Waals surface area contributed by atoms with Gasteiger partial charge in [-0.1, -0.05) is 19.1 Å². The van der Waals surface area contributed by atoms with Crippen LogP contribution >= 0.6 is 0 Å². The first-order valence-electron chi connectivity index (χ1n) is 7.95. The normalized spacial score (nSPS) is 15.4.